The molecule has 2 rings (SSSR count). The van der Waals surface area contributed by atoms with E-state index in [1.807, 2.05) is 0 Å². The predicted molar refractivity (Wildman–Crippen MR) is 84.3 cm³/mol. The zero-order valence-corrected chi connectivity index (χ0v) is 14.2. The number of unbranched alkanes of at least 4 members (excludes halogenated alkanes) is 2. The predicted octanol–water partition coefficient (Wildman–Crippen LogP) is 5.53. The molecule has 0 N–H and O–H groups in total. The van der Waals surface area contributed by atoms with E-state index < -0.39 is 41.0 Å². The van der Waals surface area contributed by atoms with Gasteiger partial charge in [-0.3, -0.25) is 0 Å². The summed E-state index contributed by atoms with van der Waals surface area (Å²) in [5.74, 6) is -12.7. The zero-order valence-electron chi connectivity index (χ0n) is 14.2. The van der Waals surface area contributed by atoms with Gasteiger partial charge in [-0.25, -0.2) is 18.0 Å². The molecule has 0 bridgehead atoms. The maximum atomic E-state index is 13.5. The molecule has 9 heteroatoms. The summed E-state index contributed by atoms with van der Waals surface area (Å²) in [7, 11) is 0. The maximum Gasteiger partial charge on any atom is 0.519 e. The lowest BCUT2D eigenvalue weighted by atomic mass is 10.2. The molecule has 4 nitrogen and oxygen atoms in total. The van der Waals surface area contributed by atoms with E-state index in [1.54, 1.807) is 0 Å². The van der Waals surface area contributed by atoms with E-state index in [-0.39, 0.29) is 5.75 Å². The van der Waals surface area contributed by atoms with Crippen LogP contribution in [0, 0.1) is 29.1 Å². The van der Waals surface area contributed by atoms with Crippen molar-refractivity contribution in [3.05, 3.63) is 53.4 Å². The number of carbonyl (C=O) groups is 1. The molecular formula is C18H15F5O4. The van der Waals surface area contributed by atoms with Gasteiger partial charge in [-0.1, -0.05) is 19.8 Å². The summed E-state index contributed by atoms with van der Waals surface area (Å²) in [6.45, 7) is 2.56. The SMILES string of the molecule is CCCCCOc1ccc(OC(=O)Oc2c(F)c(F)c(F)c(F)c2F)cc1. The van der Waals surface area contributed by atoms with Gasteiger partial charge in [-0.15, -0.1) is 0 Å². The summed E-state index contributed by atoms with van der Waals surface area (Å²) < 4.78 is 80.2. The minimum atomic E-state index is -2.36. The van der Waals surface area contributed by atoms with E-state index in [0.717, 1.165) is 19.3 Å². The molecule has 0 aromatic heterocycles. The Bertz CT molecular complexity index is 779. The Morgan fingerprint density at radius 2 is 1.30 bits per heavy atom. The van der Waals surface area contributed by atoms with Crippen LogP contribution in [0.2, 0.25) is 0 Å². The second-order valence-electron chi connectivity index (χ2n) is 5.38. The van der Waals surface area contributed by atoms with E-state index in [1.165, 1.54) is 24.3 Å². The maximum absolute atomic E-state index is 13.5. The van der Waals surface area contributed by atoms with Gasteiger partial charge in [-0.05, 0) is 30.7 Å². The first-order valence-corrected chi connectivity index (χ1v) is 7.99. The first kappa shape index (κ1) is 20.5. The minimum absolute atomic E-state index is 0.0789. The van der Waals surface area contributed by atoms with Crippen LogP contribution in [0.3, 0.4) is 0 Å². The Labute approximate surface area is 151 Å². The third kappa shape index (κ3) is 5.08. The quantitative estimate of drug-likeness (QED) is 0.156. The molecule has 2 aromatic carbocycles. The first-order chi connectivity index (χ1) is 12.8. The minimum Gasteiger partial charge on any atom is -0.494 e. The second-order valence-corrected chi connectivity index (χ2v) is 5.38. The summed E-state index contributed by atoms with van der Waals surface area (Å²) in [6.07, 6.45) is 1.27. The molecule has 0 fully saturated rings. The molecule has 0 aliphatic carbocycles. The smallest absolute Gasteiger partial charge is 0.494 e. The molecule has 0 saturated carbocycles. The molecule has 2 aromatic rings. The van der Waals surface area contributed by atoms with Gasteiger partial charge >= 0.3 is 6.16 Å². The van der Waals surface area contributed by atoms with E-state index >= 15 is 0 Å². The van der Waals surface area contributed by atoms with Gasteiger partial charge in [0.1, 0.15) is 11.5 Å². The largest absolute Gasteiger partial charge is 0.519 e. The highest BCUT2D eigenvalue weighted by Gasteiger charge is 2.29. The first-order valence-electron chi connectivity index (χ1n) is 7.99. The van der Waals surface area contributed by atoms with Gasteiger partial charge in [0.05, 0.1) is 6.61 Å². The Morgan fingerprint density at radius 3 is 1.85 bits per heavy atom. The van der Waals surface area contributed by atoms with Crippen molar-refractivity contribution < 1.29 is 41.0 Å². The van der Waals surface area contributed by atoms with Gasteiger partial charge in [0.15, 0.2) is 0 Å². The number of halogens is 5. The van der Waals surface area contributed by atoms with Gasteiger partial charge in [0, 0.05) is 0 Å². The molecule has 0 saturated heterocycles. The fraction of sp³-hybridized carbons (Fsp3) is 0.278. The Morgan fingerprint density at radius 1 is 0.778 bits per heavy atom. The normalized spacial score (nSPS) is 10.6. The van der Waals surface area contributed by atoms with Crippen LogP contribution in [0.4, 0.5) is 26.7 Å². The molecular weight excluding hydrogens is 375 g/mol. The number of hydrogen-bond acceptors (Lipinski definition) is 4. The highest BCUT2D eigenvalue weighted by molar-refractivity contribution is 5.67. The standard InChI is InChI=1S/C18H15F5O4/c1-2-3-4-9-25-10-5-7-11(8-6-10)26-18(24)27-17-15(22)13(20)12(19)14(21)16(17)23/h5-8H,2-4,9H2,1H3. The van der Waals surface area contributed by atoms with Crippen molar-refractivity contribution in [3.63, 3.8) is 0 Å². The molecule has 0 heterocycles. The number of ether oxygens (including phenoxy) is 3. The van der Waals surface area contributed by atoms with Crippen molar-refractivity contribution in [3.8, 4) is 17.2 Å². The van der Waals surface area contributed by atoms with Crippen LogP contribution in [0.1, 0.15) is 26.2 Å². The third-order valence-electron chi connectivity index (χ3n) is 3.40. The van der Waals surface area contributed by atoms with Crippen LogP contribution in [0.25, 0.3) is 0 Å². The monoisotopic (exact) mass is 390 g/mol. The van der Waals surface area contributed by atoms with Crippen LogP contribution in [-0.2, 0) is 0 Å². The number of benzene rings is 2. The van der Waals surface area contributed by atoms with E-state index in [9.17, 15) is 26.7 Å². The summed E-state index contributed by atoms with van der Waals surface area (Å²) in [4.78, 5) is 11.6. The summed E-state index contributed by atoms with van der Waals surface area (Å²) >= 11 is 0. The summed E-state index contributed by atoms with van der Waals surface area (Å²) in [5, 5.41) is 0. The topological polar surface area (TPSA) is 44.8 Å². The van der Waals surface area contributed by atoms with Gasteiger partial charge in [0.2, 0.25) is 34.8 Å². The van der Waals surface area contributed by atoms with Crippen LogP contribution in [-0.4, -0.2) is 12.8 Å². The highest BCUT2D eigenvalue weighted by Crippen LogP contribution is 2.29. The van der Waals surface area contributed by atoms with E-state index in [4.69, 9.17) is 4.74 Å². The molecule has 0 atom stereocenters. The molecule has 0 aliphatic rings. The van der Waals surface area contributed by atoms with Gasteiger partial charge in [0.25, 0.3) is 0 Å². The van der Waals surface area contributed by atoms with Crippen molar-refractivity contribution in [2.75, 3.05) is 6.61 Å². The van der Waals surface area contributed by atoms with E-state index in [2.05, 4.69) is 16.4 Å². The molecule has 0 amide bonds. The van der Waals surface area contributed by atoms with Crippen molar-refractivity contribution in [1.29, 1.82) is 0 Å². The summed E-state index contributed by atoms with van der Waals surface area (Å²) in [6, 6.07) is 5.59. The number of carbonyl (C=O) groups excluding carboxylic acids is 1. The van der Waals surface area contributed by atoms with Gasteiger partial charge < -0.3 is 14.2 Å². The summed E-state index contributed by atoms with van der Waals surface area (Å²) in [5.41, 5.74) is 0. The molecule has 146 valence electrons. The fourth-order valence-corrected chi connectivity index (χ4v) is 2.02. The number of rotatable bonds is 7. The molecule has 0 aliphatic heterocycles. The van der Waals surface area contributed by atoms with Crippen molar-refractivity contribution in [2.24, 2.45) is 0 Å². The zero-order chi connectivity index (χ0) is 20.0. The molecule has 0 spiro atoms. The Kier molecular flexibility index (Phi) is 6.98. The van der Waals surface area contributed by atoms with Gasteiger partial charge in [-0.2, -0.15) is 8.78 Å². The average Bonchev–Trinajstić information content (AvgIpc) is 2.67. The van der Waals surface area contributed by atoms with Crippen LogP contribution >= 0.6 is 0 Å². The molecule has 0 unspecified atom stereocenters. The van der Waals surface area contributed by atoms with E-state index in [0.29, 0.717) is 12.4 Å². The lowest BCUT2D eigenvalue weighted by Crippen LogP contribution is -2.17. The highest BCUT2D eigenvalue weighted by atomic mass is 19.2. The van der Waals surface area contributed by atoms with Crippen molar-refractivity contribution in [1.82, 2.24) is 0 Å². The van der Waals surface area contributed by atoms with Crippen LogP contribution in [0.15, 0.2) is 24.3 Å². The Hall–Kier alpha value is -2.84. The third-order valence-corrected chi connectivity index (χ3v) is 3.40. The van der Waals surface area contributed by atoms with Crippen molar-refractivity contribution >= 4 is 6.16 Å². The molecule has 27 heavy (non-hydrogen) atoms. The lowest BCUT2D eigenvalue weighted by Gasteiger charge is -2.10. The number of hydrogen-bond donors (Lipinski definition) is 0. The van der Waals surface area contributed by atoms with Crippen molar-refractivity contribution in [2.45, 2.75) is 26.2 Å². The van der Waals surface area contributed by atoms with Crippen LogP contribution in [0.5, 0.6) is 17.2 Å². The molecule has 0 radical (unpaired) electrons. The average molecular weight is 390 g/mol. The fourth-order valence-electron chi connectivity index (χ4n) is 2.02. The second kappa shape index (κ2) is 9.20. The lowest BCUT2D eigenvalue weighted by molar-refractivity contribution is 0.146. The van der Waals surface area contributed by atoms with Crippen LogP contribution < -0.4 is 14.2 Å². The Balaban J connectivity index is 2.00.